The highest BCUT2D eigenvalue weighted by Gasteiger charge is 2.35. The predicted octanol–water partition coefficient (Wildman–Crippen LogP) is 6.33. The quantitative estimate of drug-likeness (QED) is 0.303. The van der Waals surface area contributed by atoms with Crippen LogP contribution in [0.15, 0.2) is 42.5 Å². The molecule has 1 N–H and O–H groups in total. The smallest absolute Gasteiger partial charge is 0.345 e. The van der Waals surface area contributed by atoms with E-state index < -0.39 is 11.9 Å². The highest BCUT2D eigenvalue weighted by Crippen LogP contribution is 2.41. The van der Waals surface area contributed by atoms with Crippen LogP contribution in [0.2, 0.25) is 0 Å². The van der Waals surface area contributed by atoms with E-state index in [2.05, 4.69) is 26.3 Å². The molecule has 33 heavy (non-hydrogen) atoms. The lowest BCUT2D eigenvalue weighted by molar-refractivity contribution is -0.141. The zero-order valence-corrected chi connectivity index (χ0v) is 19.6. The summed E-state index contributed by atoms with van der Waals surface area (Å²) in [5.74, 6) is -0.371. The van der Waals surface area contributed by atoms with Crippen molar-refractivity contribution >= 4 is 21.8 Å². The van der Waals surface area contributed by atoms with Gasteiger partial charge in [-0.2, -0.15) is 18.3 Å². The van der Waals surface area contributed by atoms with Crippen molar-refractivity contribution in [3.05, 3.63) is 76.2 Å². The van der Waals surface area contributed by atoms with Gasteiger partial charge in [-0.25, -0.2) is 4.39 Å². The second-order valence-electron chi connectivity index (χ2n) is 8.39. The fourth-order valence-electron chi connectivity index (χ4n) is 3.91. The van der Waals surface area contributed by atoms with Crippen molar-refractivity contribution in [1.29, 1.82) is 0 Å². The van der Waals surface area contributed by atoms with Crippen LogP contribution in [0.1, 0.15) is 51.6 Å². The lowest BCUT2D eigenvalue weighted by Gasteiger charge is -2.20. The van der Waals surface area contributed by atoms with Crippen LogP contribution >= 0.6 is 15.9 Å². The van der Waals surface area contributed by atoms with Crippen molar-refractivity contribution < 1.29 is 22.4 Å². The molecule has 4 rings (SSSR count). The van der Waals surface area contributed by atoms with E-state index in [-0.39, 0.29) is 29.4 Å². The summed E-state index contributed by atoms with van der Waals surface area (Å²) in [4.78, 5) is 13.2. The number of carbonyl (C=O) groups is 1. The minimum absolute atomic E-state index is 0.257. The van der Waals surface area contributed by atoms with Gasteiger partial charge in [0, 0.05) is 23.5 Å². The number of carbonyl (C=O) groups excluding carboxylic acids is 1. The first-order chi connectivity index (χ1) is 15.6. The molecule has 4 nitrogen and oxygen atoms in total. The molecule has 0 saturated heterocycles. The van der Waals surface area contributed by atoms with Crippen LogP contribution < -0.4 is 5.32 Å². The molecule has 2 aromatic carbocycles. The van der Waals surface area contributed by atoms with Crippen molar-refractivity contribution in [1.82, 2.24) is 15.1 Å². The number of halogens is 5. The molecule has 1 aromatic heterocycles. The van der Waals surface area contributed by atoms with E-state index in [4.69, 9.17) is 0 Å². The normalized spacial score (nSPS) is 14.9. The summed E-state index contributed by atoms with van der Waals surface area (Å²) >= 11 is 3.37. The molecule has 1 fully saturated rings. The van der Waals surface area contributed by atoms with Gasteiger partial charge in [0.15, 0.2) is 5.69 Å². The number of alkyl halides is 4. The van der Waals surface area contributed by atoms with Crippen LogP contribution in [-0.2, 0) is 18.6 Å². The Morgan fingerprint density at radius 1 is 1.21 bits per heavy atom. The van der Waals surface area contributed by atoms with Gasteiger partial charge in [0.25, 0.3) is 5.91 Å². The number of benzene rings is 2. The summed E-state index contributed by atoms with van der Waals surface area (Å²) in [7, 11) is 1.44. The number of nitrogens with one attached hydrogen (secondary N) is 1. The van der Waals surface area contributed by atoms with Crippen molar-refractivity contribution in [3.63, 3.8) is 0 Å². The maximum absolute atomic E-state index is 13.7. The van der Waals surface area contributed by atoms with Crippen LogP contribution in [0, 0.1) is 18.7 Å². The van der Waals surface area contributed by atoms with E-state index in [1.54, 1.807) is 37.3 Å². The maximum Gasteiger partial charge on any atom is 0.435 e. The third-order valence-corrected chi connectivity index (χ3v) is 6.44. The fourth-order valence-corrected chi connectivity index (χ4v) is 4.24. The molecule has 1 aliphatic carbocycles. The van der Waals surface area contributed by atoms with Gasteiger partial charge in [-0.1, -0.05) is 28.1 Å². The number of aromatic nitrogens is 2. The van der Waals surface area contributed by atoms with Crippen LogP contribution in [0.4, 0.5) is 17.6 Å². The van der Waals surface area contributed by atoms with Gasteiger partial charge in [0.1, 0.15) is 5.82 Å². The summed E-state index contributed by atoms with van der Waals surface area (Å²) in [5.41, 5.74) is 2.15. The van der Waals surface area contributed by atoms with E-state index in [1.807, 2.05) is 0 Å². The van der Waals surface area contributed by atoms with Crippen molar-refractivity contribution in [3.8, 4) is 11.3 Å². The summed E-state index contributed by atoms with van der Waals surface area (Å²) in [6, 6.07) is 10.5. The van der Waals surface area contributed by atoms with Gasteiger partial charge in [-0.3, -0.25) is 9.48 Å². The second-order valence-corrected chi connectivity index (χ2v) is 8.95. The van der Waals surface area contributed by atoms with Gasteiger partial charge in [-0.05, 0) is 72.7 Å². The largest absolute Gasteiger partial charge is 0.435 e. The Hall–Kier alpha value is -2.68. The molecule has 3 aromatic rings. The standard InChI is InChI=1S/C24H22BrF4N3O/c1-13-7-16(5-6-19(13)26)22(15-3-4-15)30-23(33)18-9-14(12-25)8-17(10-18)20-11-21(24(27,28)29)31-32(20)2/h5-11,15,22H,3-4,12H2,1-2H3,(H,30,33). The van der Waals surface area contributed by atoms with Gasteiger partial charge < -0.3 is 5.32 Å². The molecule has 0 radical (unpaired) electrons. The van der Waals surface area contributed by atoms with Gasteiger partial charge in [0.2, 0.25) is 0 Å². The summed E-state index contributed by atoms with van der Waals surface area (Å²) < 4.78 is 54.2. The number of hydrogen-bond donors (Lipinski definition) is 1. The van der Waals surface area contributed by atoms with Crippen molar-refractivity contribution in [2.75, 3.05) is 0 Å². The molecular weight excluding hydrogens is 502 g/mol. The average Bonchev–Trinajstić information content (AvgIpc) is 3.53. The molecule has 1 amide bonds. The zero-order valence-electron chi connectivity index (χ0n) is 18.0. The number of amides is 1. The lowest BCUT2D eigenvalue weighted by atomic mass is 9.98. The zero-order chi connectivity index (χ0) is 23.9. The summed E-state index contributed by atoms with van der Waals surface area (Å²) in [5, 5.41) is 7.05. The van der Waals surface area contributed by atoms with E-state index in [9.17, 15) is 22.4 Å². The van der Waals surface area contributed by atoms with Crippen molar-refractivity contribution in [2.24, 2.45) is 13.0 Å². The molecule has 1 unspecified atom stereocenters. The van der Waals surface area contributed by atoms with Crippen LogP contribution in [0.3, 0.4) is 0 Å². The minimum Gasteiger partial charge on any atom is -0.345 e. The van der Waals surface area contributed by atoms with Gasteiger partial charge >= 0.3 is 6.18 Å². The highest BCUT2D eigenvalue weighted by atomic mass is 79.9. The first-order valence-electron chi connectivity index (χ1n) is 10.4. The molecule has 1 saturated carbocycles. The Bertz CT molecular complexity index is 1200. The van der Waals surface area contributed by atoms with Gasteiger partial charge in [-0.15, -0.1) is 0 Å². The number of hydrogen-bond acceptors (Lipinski definition) is 2. The molecule has 9 heteroatoms. The monoisotopic (exact) mass is 523 g/mol. The topological polar surface area (TPSA) is 46.9 Å². The molecule has 0 bridgehead atoms. The maximum atomic E-state index is 13.7. The number of aryl methyl sites for hydroxylation is 2. The Labute approximate surface area is 197 Å². The van der Waals surface area contributed by atoms with E-state index in [0.717, 1.165) is 34.7 Å². The molecule has 1 aliphatic rings. The minimum atomic E-state index is -4.56. The first kappa shape index (κ1) is 23.5. The molecular formula is C24H22BrF4N3O. The summed E-state index contributed by atoms with van der Waals surface area (Å²) in [6.45, 7) is 1.68. The summed E-state index contributed by atoms with van der Waals surface area (Å²) in [6.07, 6.45) is -2.64. The van der Waals surface area contributed by atoms with Crippen molar-refractivity contribution in [2.45, 2.75) is 37.3 Å². The molecule has 174 valence electrons. The second kappa shape index (κ2) is 8.93. The Kier molecular flexibility index (Phi) is 6.35. The molecule has 0 aliphatic heterocycles. The molecule has 1 heterocycles. The Balaban J connectivity index is 1.66. The SMILES string of the molecule is Cc1cc(C(NC(=O)c2cc(CBr)cc(-c3cc(C(F)(F)F)nn3C)c2)C2CC2)ccc1F. The first-order valence-corrected chi connectivity index (χ1v) is 11.6. The predicted molar refractivity (Wildman–Crippen MR) is 120 cm³/mol. The molecule has 1 atom stereocenters. The Morgan fingerprint density at radius 3 is 2.52 bits per heavy atom. The van der Waals surface area contributed by atoms with E-state index >= 15 is 0 Å². The lowest BCUT2D eigenvalue weighted by Crippen LogP contribution is -2.30. The highest BCUT2D eigenvalue weighted by molar-refractivity contribution is 9.08. The third kappa shape index (κ3) is 5.13. The number of rotatable bonds is 6. The van der Waals surface area contributed by atoms with E-state index in [0.29, 0.717) is 22.0 Å². The fraction of sp³-hybridized carbons (Fsp3) is 0.333. The average molecular weight is 524 g/mol. The molecule has 0 spiro atoms. The Morgan fingerprint density at radius 2 is 1.94 bits per heavy atom. The van der Waals surface area contributed by atoms with Crippen LogP contribution in [0.25, 0.3) is 11.3 Å². The number of nitrogens with zero attached hydrogens (tertiary/aromatic N) is 2. The van der Waals surface area contributed by atoms with Crippen LogP contribution in [0.5, 0.6) is 0 Å². The third-order valence-electron chi connectivity index (χ3n) is 5.80. The van der Waals surface area contributed by atoms with Crippen LogP contribution in [-0.4, -0.2) is 15.7 Å². The van der Waals surface area contributed by atoms with Gasteiger partial charge in [0.05, 0.1) is 11.7 Å². The van der Waals surface area contributed by atoms with E-state index in [1.165, 1.54) is 13.1 Å².